The highest BCUT2D eigenvalue weighted by atomic mass is 79.9. The van der Waals surface area contributed by atoms with E-state index in [9.17, 15) is 14.7 Å². The zero-order valence-electron chi connectivity index (χ0n) is 9.63. The molecule has 18 heavy (non-hydrogen) atoms. The van der Waals surface area contributed by atoms with Crippen LogP contribution < -0.4 is 5.11 Å². The van der Waals surface area contributed by atoms with E-state index in [1.165, 1.54) is 23.6 Å². The molecular weight excluding hydrogens is 318 g/mol. The summed E-state index contributed by atoms with van der Waals surface area (Å²) in [5.41, 5.74) is 0.919. The third-order valence-electron chi connectivity index (χ3n) is 2.79. The van der Waals surface area contributed by atoms with Gasteiger partial charge in [-0.15, -0.1) is 11.8 Å². The number of amides is 1. The molecule has 1 fully saturated rings. The Balaban J connectivity index is 2.30. The highest BCUT2D eigenvalue weighted by Crippen LogP contribution is 2.41. The van der Waals surface area contributed by atoms with Crippen LogP contribution in [-0.4, -0.2) is 28.6 Å². The molecular formula is C12H11BrNO3S-. The second-order valence-electron chi connectivity index (χ2n) is 4.00. The zero-order valence-corrected chi connectivity index (χ0v) is 12.0. The largest absolute Gasteiger partial charge is 0.548 e. The van der Waals surface area contributed by atoms with Crippen molar-refractivity contribution in [3.63, 3.8) is 0 Å². The fraction of sp³-hybridized carbons (Fsp3) is 0.333. The van der Waals surface area contributed by atoms with Crippen molar-refractivity contribution in [3.8, 4) is 0 Å². The SMILES string of the molecule is CC(=O)N1[C@@H](c2ccc(Br)cc2)SC[C@H]1C(=O)[O-]. The van der Waals surface area contributed by atoms with Crippen LogP contribution in [0.4, 0.5) is 0 Å². The number of aliphatic carboxylic acids is 1. The molecule has 1 saturated heterocycles. The third kappa shape index (κ3) is 2.54. The van der Waals surface area contributed by atoms with E-state index in [4.69, 9.17) is 0 Å². The Morgan fingerprint density at radius 3 is 2.50 bits per heavy atom. The van der Waals surface area contributed by atoms with E-state index < -0.39 is 12.0 Å². The number of carbonyl (C=O) groups excluding carboxylic acids is 2. The number of nitrogens with zero attached hydrogens (tertiary/aromatic N) is 1. The van der Waals surface area contributed by atoms with Gasteiger partial charge in [0.25, 0.3) is 0 Å². The fourth-order valence-corrected chi connectivity index (χ4v) is 3.69. The van der Waals surface area contributed by atoms with Crippen LogP contribution in [0.2, 0.25) is 0 Å². The first-order chi connectivity index (χ1) is 8.50. The van der Waals surface area contributed by atoms with Gasteiger partial charge in [0.1, 0.15) is 5.37 Å². The van der Waals surface area contributed by atoms with Crippen molar-refractivity contribution in [2.75, 3.05) is 5.75 Å². The zero-order chi connectivity index (χ0) is 13.3. The van der Waals surface area contributed by atoms with E-state index in [1.54, 1.807) is 0 Å². The standard InChI is InChI=1S/C12H12BrNO3S/c1-7(15)14-10(12(16)17)6-18-11(14)8-2-4-9(13)5-3-8/h2-5,10-11H,6H2,1H3,(H,16,17)/p-1/t10-,11+/m0/s1. The second-order valence-corrected chi connectivity index (χ2v) is 6.03. The lowest BCUT2D eigenvalue weighted by Gasteiger charge is -2.29. The van der Waals surface area contributed by atoms with Crippen molar-refractivity contribution >= 4 is 39.6 Å². The maximum atomic E-state index is 11.6. The molecule has 1 amide bonds. The molecule has 1 aliphatic heterocycles. The number of rotatable bonds is 2. The first-order valence-corrected chi connectivity index (χ1v) is 7.21. The van der Waals surface area contributed by atoms with Crippen molar-refractivity contribution in [2.45, 2.75) is 18.3 Å². The van der Waals surface area contributed by atoms with Crippen LogP contribution in [0, 0.1) is 0 Å². The molecule has 0 saturated carbocycles. The highest BCUT2D eigenvalue weighted by Gasteiger charge is 2.37. The summed E-state index contributed by atoms with van der Waals surface area (Å²) in [6, 6.07) is 6.67. The average molecular weight is 329 g/mol. The minimum absolute atomic E-state index is 0.248. The first-order valence-electron chi connectivity index (χ1n) is 5.37. The van der Waals surface area contributed by atoms with E-state index in [0.717, 1.165) is 10.0 Å². The molecule has 2 atom stereocenters. The molecule has 1 aliphatic rings. The quantitative estimate of drug-likeness (QED) is 0.817. The van der Waals surface area contributed by atoms with Gasteiger partial charge in [0.05, 0.1) is 12.0 Å². The van der Waals surface area contributed by atoms with Gasteiger partial charge >= 0.3 is 0 Å². The van der Waals surface area contributed by atoms with Crippen molar-refractivity contribution in [2.24, 2.45) is 0 Å². The van der Waals surface area contributed by atoms with E-state index in [2.05, 4.69) is 15.9 Å². The summed E-state index contributed by atoms with van der Waals surface area (Å²) in [6.07, 6.45) is 0. The van der Waals surface area contributed by atoms with Crippen LogP contribution >= 0.6 is 27.7 Å². The molecule has 0 aromatic heterocycles. The number of halogens is 1. The van der Waals surface area contributed by atoms with Crippen LogP contribution in [0.1, 0.15) is 17.9 Å². The minimum Gasteiger partial charge on any atom is -0.548 e. The van der Waals surface area contributed by atoms with Crippen LogP contribution in [0.5, 0.6) is 0 Å². The number of hydrogen-bond acceptors (Lipinski definition) is 4. The van der Waals surface area contributed by atoms with Crippen molar-refractivity contribution in [1.29, 1.82) is 0 Å². The maximum Gasteiger partial charge on any atom is 0.221 e. The summed E-state index contributed by atoms with van der Waals surface area (Å²) in [6.45, 7) is 1.38. The number of carboxylic acids is 1. The Morgan fingerprint density at radius 2 is 2.00 bits per heavy atom. The lowest BCUT2D eigenvalue weighted by molar-refractivity contribution is -0.310. The predicted octanol–water partition coefficient (Wildman–Crippen LogP) is 1.16. The molecule has 0 aliphatic carbocycles. The van der Waals surface area contributed by atoms with Crippen molar-refractivity contribution < 1.29 is 14.7 Å². The molecule has 4 nitrogen and oxygen atoms in total. The van der Waals surface area contributed by atoms with E-state index in [1.807, 2.05) is 24.3 Å². The molecule has 0 N–H and O–H groups in total. The third-order valence-corrected chi connectivity index (χ3v) is 4.64. The van der Waals surface area contributed by atoms with Crippen LogP contribution in [0.25, 0.3) is 0 Å². The van der Waals surface area contributed by atoms with E-state index >= 15 is 0 Å². The number of thioether (sulfide) groups is 1. The van der Waals surface area contributed by atoms with Gasteiger partial charge in [-0.3, -0.25) is 4.79 Å². The molecule has 0 radical (unpaired) electrons. The van der Waals surface area contributed by atoms with Gasteiger partial charge in [-0.05, 0) is 17.7 Å². The average Bonchev–Trinajstić information content (AvgIpc) is 2.74. The Bertz CT molecular complexity index is 477. The molecule has 0 bridgehead atoms. The maximum absolute atomic E-state index is 11.6. The normalized spacial score (nSPS) is 23.1. The number of carbonyl (C=O) groups is 2. The fourth-order valence-electron chi connectivity index (χ4n) is 1.96. The molecule has 1 aromatic rings. The van der Waals surface area contributed by atoms with Crippen molar-refractivity contribution in [1.82, 2.24) is 4.90 Å². The Kier molecular flexibility index (Phi) is 3.97. The van der Waals surface area contributed by atoms with Crippen LogP contribution in [0.3, 0.4) is 0 Å². The molecule has 0 spiro atoms. The summed E-state index contributed by atoms with van der Waals surface area (Å²) in [5.74, 6) is -1.08. The number of benzene rings is 1. The minimum atomic E-state index is -1.20. The van der Waals surface area contributed by atoms with E-state index in [-0.39, 0.29) is 11.3 Å². The molecule has 6 heteroatoms. The van der Waals surface area contributed by atoms with Gasteiger partial charge in [0.2, 0.25) is 5.91 Å². The van der Waals surface area contributed by atoms with Gasteiger partial charge in [0.15, 0.2) is 0 Å². The lowest BCUT2D eigenvalue weighted by Crippen LogP contribution is -2.48. The Morgan fingerprint density at radius 1 is 1.39 bits per heavy atom. The van der Waals surface area contributed by atoms with E-state index in [0.29, 0.717) is 5.75 Å². The van der Waals surface area contributed by atoms with Crippen LogP contribution in [0.15, 0.2) is 28.7 Å². The van der Waals surface area contributed by atoms with Gasteiger partial charge in [-0.25, -0.2) is 0 Å². The molecule has 1 heterocycles. The number of hydrogen-bond donors (Lipinski definition) is 0. The van der Waals surface area contributed by atoms with Gasteiger partial charge in [-0.1, -0.05) is 28.1 Å². The molecule has 0 unspecified atom stereocenters. The summed E-state index contributed by atoms with van der Waals surface area (Å²) in [4.78, 5) is 24.0. The summed E-state index contributed by atoms with van der Waals surface area (Å²) in [5, 5.41) is 10.8. The topological polar surface area (TPSA) is 60.4 Å². The number of carboxylic acid groups (broad SMARTS) is 1. The highest BCUT2D eigenvalue weighted by molar-refractivity contribution is 9.10. The Hall–Kier alpha value is -1.01. The van der Waals surface area contributed by atoms with Crippen LogP contribution in [-0.2, 0) is 9.59 Å². The molecule has 1 aromatic carbocycles. The van der Waals surface area contributed by atoms with Gasteiger partial charge in [-0.2, -0.15) is 0 Å². The first kappa shape index (κ1) is 13.4. The monoisotopic (exact) mass is 328 g/mol. The summed E-state index contributed by atoms with van der Waals surface area (Å²) in [7, 11) is 0. The van der Waals surface area contributed by atoms with Gasteiger partial charge < -0.3 is 14.8 Å². The summed E-state index contributed by atoms with van der Waals surface area (Å²) >= 11 is 4.78. The Labute approximate surface area is 117 Å². The summed E-state index contributed by atoms with van der Waals surface area (Å²) < 4.78 is 0.945. The smallest absolute Gasteiger partial charge is 0.221 e. The van der Waals surface area contributed by atoms with Gasteiger partial charge in [0, 0.05) is 17.1 Å². The molecule has 96 valence electrons. The second kappa shape index (κ2) is 5.32. The molecule has 2 rings (SSSR count). The predicted molar refractivity (Wildman–Crippen MR) is 70.7 cm³/mol. The lowest BCUT2D eigenvalue weighted by atomic mass is 10.2. The van der Waals surface area contributed by atoms with Crippen molar-refractivity contribution in [3.05, 3.63) is 34.3 Å².